The largest absolute Gasteiger partial charge is 0.508 e. The molecule has 2 atom stereocenters. The highest BCUT2D eigenvalue weighted by atomic mass is 16.3. The van der Waals surface area contributed by atoms with Crippen molar-refractivity contribution in [3.05, 3.63) is 29.3 Å². The van der Waals surface area contributed by atoms with Crippen molar-refractivity contribution in [3.63, 3.8) is 0 Å². The molecule has 0 radical (unpaired) electrons. The highest BCUT2D eigenvalue weighted by Crippen LogP contribution is 2.32. The first-order valence-corrected chi connectivity index (χ1v) is 3.94. The predicted molar refractivity (Wildman–Crippen MR) is 44.7 cm³/mol. The molecule has 0 aliphatic heterocycles. The van der Waals surface area contributed by atoms with Crippen molar-refractivity contribution in [2.24, 2.45) is 5.73 Å². The van der Waals surface area contributed by atoms with E-state index in [-0.39, 0.29) is 11.8 Å². The number of nitrogens with two attached hydrogens (primary N) is 1. The molecule has 0 spiro atoms. The van der Waals surface area contributed by atoms with Crippen molar-refractivity contribution in [3.8, 4) is 5.75 Å². The third-order valence-corrected chi connectivity index (χ3v) is 2.31. The molecule has 0 fully saturated rings. The molecular formula is C9H11NO2. The van der Waals surface area contributed by atoms with Gasteiger partial charge in [-0.3, -0.25) is 0 Å². The maximum Gasteiger partial charge on any atom is 0.115 e. The second-order valence-electron chi connectivity index (χ2n) is 3.20. The van der Waals surface area contributed by atoms with E-state index in [2.05, 4.69) is 0 Å². The second-order valence-corrected chi connectivity index (χ2v) is 3.20. The number of benzene rings is 1. The lowest BCUT2D eigenvalue weighted by Gasteiger charge is -2.07. The third-order valence-electron chi connectivity index (χ3n) is 2.31. The van der Waals surface area contributed by atoms with Gasteiger partial charge in [0.15, 0.2) is 0 Å². The molecule has 1 aliphatic rings. The number of hydrogen-bond acceptors (Lipinski definition) is 3. The highest BCUT2D eigenvalue weighted by molar-refractivity contribution is 5.40. The minimum Gasteiger partial charge on any atom is -0.508 e. The topological polar surface area (TPSA) is 66.5 Å². The van der Waals surface area contributed by atoms with Crippen LogP contribution in [0.1, 0.15) is 17.2 Å². The summed E-state index contributed by atoms with van der Waals surface area (Å²) in [6.07, 6.45) is 0.0749. The van der Waals surface area contributed by atoms with E-state index >= 15 is 0 Å². The number of aliphatic hydroxyl groups excluding tert-OH is 1. The summed E-state index contributed by atoms with van der Waals surface area (Å²) in [6, 6.07) is 4.73. The van der Waals surface area contributed by atoms with Crippen molar-refractivity contribution in [2.75, 3.05) is 0 Å². The van der Waals surface area contributed by atoms with Gasteiger partial charge in [0, 0.05) is 6.04 Å². The maximum atomic E-state index is 9.53. The zero-order valence-electron chi connectivity index (χ0n) is 6.57. The lowest BCUT2D eigenvalue weighted by Crippen LogP contribution is -2.24. The average molecular weight is 165 g/mol. The summed E-state index contributed by atoms with van der Waals surface area (Å²) >= 11 is 0. The van der Waals surface area contributed by atoms with Gasteiger partial charge in [-0.05, 0) is 29.7 Å². The summed E-state index contributed by atoms with van der Waals surface area (Å²) in [4.78, 5) is 0. The molecule has 64 valence electrons. The fraction of sp³-hybridized carbons (Fsp3) is 0.333. The van der Waals surface area contributed by atoms with Crippen LogP contribution in [0.15, 0.2) is 18.2 Å². The standard InChI is InChI=1S/C9H11NO2/c10-8-4-5-3-6(11)1-2-7(5)9(8)12/h1-3,8-9,11-12H,4,10H2. The molecule has 0 aromatic heterocycles. The molecule has 12 heavy (non-hydrogen) atoms. The van der Waals surface area contributed by atoms with E-state index in [1.165, 1.54) is 0 Å². The van der Waals surface area contributed by atoms with Crippen molar-refractivity contribution in [1.29, 1.82) is 0 Å². The first-order valence-electron chi connectivity index (χ1n) is 3.94. The SMILES string of the molecule is NC1Cc2cc(O)ccc2C1O. The Balaban J connectivity index is 2.47. The van der Waals surface area contributed by atoms with Gasteiger partial charge in [0.1, 0.15) is 5.75 Å². The monoisotopic (exact) mass is 165 g/mol. The zero-order chi connectivity index (χ0) is 8.72. The number of phenols is 1. The summed E-state index contributed by atoms with van der Waals surface area (Å²) in [5, 5.41) is 18.7. The van der Waals surface area contributed by atoms with Crippen LogP contribution in [0.4, 0.5) is 0 Å². The first kappa shape index (κ1) is 7.58. The van der Waals surface area contributed by atoms with Crippen LogP contribution in [0.2, 0.25) is 0 Å². The Morgan fingerprint density at radius 1 is 1.42 bits per heavy atom. The third kappa shape index (κ3) is 0.983. The van der Waals surface area contributed by atoms with Crippen molar-refractivity contribution in [1.82, 2.24) is 0 Å². The van der Waals surface area contributed by atoms with E-state index in [9.17, 15) is 5.11 Å². The number of hydrogen-bond donors (Lipinski definition) is 3. The van der Waals surface area contributed by atoms with Gasteiger partial charge in [-0.25, -0.2) is 0 Å². The van der Waals surface area contributed by atoms with Gasteiger partial charge in [0.2, 0.25) is 0 Å². The number of rotatable bonds is 0. The molecule has 4 N–H and O–H groups in total. The van der Waals surface area contributed by atoms with Gasteiger partial charge < -0.3 is 15.9 Å². The summed E-state index contributed by atoms with van der Waals surface area (Å²) in [7, 11) is 0. The van der Waals surface area contributed by atoms with Crippen LogP contribution in [0, 0.1) is 0 Å². The van der Waals surface area contributed by atoms with Gasteiger partial charge in [0.25, 0.3) is 0 Å². The van der Waals surface area contributed by atoms with E-state index in [1.807, 2.05) is 0 Å². The maximum absolute atomic E-state index is 9.53. The number of aromatic hydroxyl groups is 1. The number of aliphatic hydroxyl groups is 1. The average Bonchev–Trinajstić information content (AvgIpc) is 2.28. The van der Waals surface area contributed by atoms with Crippen molar-refractivity contribution < 1.29 is 10.2 Å². The molecule has 0 heterocycles. The van der Waals surface area contributed by atoms with E-state index in [0.29, 0.717) is 6.42 Å². The summed E-state index contributed by atoms with van der Waals surface area (Å²) in [5.41, 5.74) is 7.45. The first-order chi connectivity index (χ1) is 5.68. The van der Waals surface area contributed by atoms with Gasteiger partial charge >= 0.3 is 0 Å². The van der Waals surface area contributed by atoms with Gasteiger partial charge in [-0.1, -0.05) is 6.07 Å². The molecule has 1 aromatic carbocycles. The Bertz CT molecular complexity index is 311. The van der Waals surface area contributed by atoms with Crippen LogP contribution >= 0.6 is 0 Å². The van der Waals surface area contributed by atoms with Crippen LogP contribution in [0.5, 0.6) is 5.75 Å². The molecule has 2 unspecified atom stereocenters. The molecule has 3 heteroatoms. The van der Waals surface area contributed by atoms with Gasteiger partial charge in [0.05, 0.1) is 6.10 Å². The normalized spacial score (nSPS) is 27.2. The van der Waals surface area contributed by atoms with E-state index in [1.54, 1.807) is 18.2 Å². The lowest BCUT2D eigenvalue weighted by atomic mass is 10.1. The molecule has 1 aromatic rings. The minimum atomic E-state index is -0.569. The highest BCUT2D eigenvalue weighted by Gasteiger charge is 2.27. The van der Waals surface area contributed by atoms with Crippen LogP contribution in [0.3, 0.4) is 0 Å². The Labute approximate surface area is 70.4 Å². The fourth-order valence-electron chi connectivity index (χ4n) is 1.65. The Morgan fingerprint density at radius 3 is 2.92 bits per heavy atom. The smallest absolute Gasteiger partial charge is 0.115 e. The van der Waals surface area contributed by atoms with Crippen LogP contribution in [-0.4, -0.2) is 16.3 Å². The number of fused-ring (bicyclic) bond motifs is 1. The lowest BCUT2D eigenvalue weighted by molar-refractivity contribution is 0.159. The molecule has 1 aliphatic carbocycles. The molecule has 0 bridgehead atoms. The fourth-order valence-corrected chi connectivity index (χ4v) is 1.65. The summed E-state index contributed by atoms with van der Waals surface area (Å²) in [6.45, 7) is 0. The molecule has 3 nitrogen and oxygen atoms in total. The molecule has 0 saturated heterocycles. The van der Waals surface area contributed by atoms with E-state index in [4.69, 9.17) is 10.8 Å². The van der Waals surface area contributed by atoms with Crippen molar-refractivity contribution in [2.45, 2.75) is 18.6 Å². The van der Waals surface area contributed by atoms with E-state index in [0.717, 1.165) is 11.1 Å². The second kappa shape index (κ2) is 2.47. The predicted octanol–water partition coefficient (Wildman–Crippen LogP) is 0.309. The van der Waals surface area contributed by atoms with Crippen LogP contribution in [-0.2, 0) is 6.42 Å². The quantitative estimate of drug-likeness (QED) is 0.518. The zero-order valence-corrected chi connectivity index (χ0v) is 6.57. The molecule has 2 rings (SSSR count). The Hall–Kier alpha value is -1.06. The van der Waals surface area contributed by atoms with Crippen LogP contribution in [0.25, 0.3) is 0 Å². The van der Waals surface area contributed by atoms with Crippen LogP contribution < -0.4 is 5.73 Å². The Kier molecular flexibility index (Phi) is 1.56. The Morgan fingerprint density at radius 2 is 2.17 bits per heavy atom. The minimum absolute atomic E-state index is 0.221. The number of phenolic OH excluding ortho intramolecular Hbond substituents is 1. The molecular weight excluding hydrogens is 154 g/mol. The molecule has 0 saturated carbocycles. The van der Waals surface area contributed by atoms with Crippen molar-refractivity contribution >= 4 is 0 Å². The summed E-state index contributed by atoms with van der Waals surface area (Å²) in [5.74, 6) is 0.232. The molecule has 0 amide bonds. The summed E-state index contributed by atoms with van der Waals surface area (Å²) < 4.78 is 0. The van der Waals surface area contributed by atoms with Gasteiger partial charge in [-0.15, -0.1) is 0 Å². The van der Waals surface area contributed by atoms with Gasteiger partial charge in [-0.2, -0.15) is 0 Å². The van der Waals surface area contributed by atoms with E-state index < -0.39 is 6.10 Å².